The van der Waals surface area contributed by atoms with Gasteiger partial charge in [-0.1, -0.05) is 36.4 Å². The minimum absolute atomic E-state index is 0.00856. The fraction of sp³-hybridized carbons (Fsp3) is 0.160. The number of nitrogens with one attached hydrogen (secondary N) is 3. The molecule has 5 N–H and O–H groups in total. The van der Waals surface area contributed by atoms with Crippen molar-refractivity contribution in [1.29, 1.82) is 5.41 Å². The third kappa shape index (κ3) is 6.21. The Morgan fingerprint density at radius 2 is 1.97 bits per heavy atom. The smallest absolute Gasteiger partial charge is 0.250 e. The molecule has 1 unspecified atom stereocenters. The molecular formula is C25H25N5O2S2. The molecule has 0 saturated carbocycles. The number of fused-ring (bicyclic) bond motifs is 1. The minimum Gasteiger partial charge on any atom is -0.384 e. The predicted octanol–water partition coefficient (Wildman–Crippen LogP) is 4.75. The van der Waals surface area contributed by atoms with Crippen LogP contribution in [-0.4, -0.2) is 30.4 Å². The van der Waals surface area contributed by atoms with Gasteiger partial charge in [0, 0.05) is 23.3 Å². The fourth-order valence-electron chi connectivity index (χ4n) is 3.42. The zero-order valence-corrected chi connectivity index (χ0v) is 20.2. The second-order valence-corrected chi connectivity index (χ2v) is 9.59. The number of nitrogens with zero attached hydrogens (tertiary/aromatic N) is 1. The fourth-order valence-corrected chi connectivity index (χ4v) is 5.32. The van der Waals surface area contributed by atoms with Crippen LogP contribution in [0.1, 0.15) is 22.2 Å². The quantitative estimate of drug-likeness (QED) is 0.145. The maximum absolute atomic E-state index is 11.8. The van der Waals surface area contributed by atoms with Crippen molar-refractivity contribution in [3.05, 3.63) is 88.9 Å². The summed E-state index contributed by atoms with van der Waals surface area (Å²) >= 11 is 3.15. The number of nitrogens with two attached hydrogens (primary N) is 1. The Balaban J connectivity index is 1.55. The van der Waals surface area contributed by atoms with Gasteiger partial charge >= 0.3 is 0 Å². The summed E-state index contributed by atoms with van der Waals surface area (Å²) in [5, 5.41) is 11.6. The highest BCUT2D eigenvalue weighted by Gasteiger charge is 2.18. The van der Waals surface area contributed by atoms with Gasteiger partial charge in [0.2, 0.25) is 5.91 Å². The second kappa shape index (κ2) is 11.3. The first kappa shape index (κ1) is 23.9. The van der Waals surface area contributed by atoms with E-state index in [1.54, 1.807) is 11.3 Å². The number of thiazole rings is 1. The van der Waals surface area contributed by atoms with Crippen LogP contribution in [0.2, 0.25) is 0 Å². The molecule has 4 aromatic rings. The highest BCUT2D eigenvalue weighted by Crippen LogP contribution is 2.31. The Kier molecular flexibility index (Phi) is 7.91. The second-order valence-electron chi connectivity index (χ2n) is 7.62. The molecule has 0 spiro atoms. The minimum atomic E-state index is -0.199. The lowest BCUT2D eigenvalue weighted by Gasteiger charge is -2.17. The number of methoxy groups -OCH3 is 1. The van der Waals surface area contributed by atoms with Crippen LogP contribution in [-0.2, 0) is 16.0 Å². The van der Waals surface area contributed by atoms with E-state index in [-0.39, 0.29) is 24.4 Å². The molecule has 0 bridgehead atoms. The number of carbonyl (C=O) groups excluding carboxylic acids is 1. The lowest BCUT2D eigenvalue weighted by Crippen LogP contribution is -2.18. The van der Waals surface area contributed by atoms with Crippen LogP contribution < -0.4 is 15.8 Å². The van der Waals surface area contributed by atoms with E-state index >= 15 is 0 Å². The normalized spacial score (nSPS) is 11.9. The highest BCUT2D eigenvalue weighted by atomic mass is 32.2. The molecule has 34 heavy (non-hydrogen) atoms. The lowest BCUT2D eigenvalue weighted by atomic mass is 10.0. The highest BCUT2D eigenvalue weighted by molar-refractivity contribution is 7.97. The van der Waals surface area contributed by atoms with Crippen molar-refractivity contribution in [2.45, 2.75) is 17.4 Å². The molecule has 7 nitrogen and oxygen atoms in total. The van der Waals surface area contributed by atoms with Crippen LogP contribution in [0.3, 0.4) is 0 Å². The van der Waals surface area contributed by atoms with Gasteiger partial charge in [0.05, 0.1) is 16.3 Å². The van der Waals surface area contributed by atoms with Crippen molar-refractivity contribution in [2.24, 2.45) is 5.73 Å². The first-order valence-corrected chi connectivity index (χ1v) is 12.2. The van der Waals surface area contributed by atoms with Gasteiger partial charge in [0.25, 0.3) is 0 Å². The molecular weight excluding hydrogens is 466 g/mol. The monoisotopic (exact) mass is 491 g/mol. The van der Waals surface area contributed by atoms with Gasteiger partial charge in [-0.15, -0.1) is 11.3 Å². The summed E-state index contributed by atoms with van der Waals surface area (Å²) in [6.45, 7) is 0.00856. The standard InChI is InChI=1S/C25H25N5O2S2/c1-32-15-23(31)28-18-8-5-9-19(14-18)34-30-21(13-16-6-4-7-17(12-16)24(26)27)25-29-20-10-2-3-11-22(20)33-25/h2-12,14,21,30H,13,15H2,1H3,(H3,26,27)(H,28,31). The van der Waals surface area contributed by atoms with E-state index in [0.29, 0.717) is 17.7 Å². The molecule has 4 rings (SSSR count). The van der Waals surface area contributed by atoms with Crippen molar-refractivity contribution in [3.8, 4) is 0 Å². The molecule has 0 saturated heterocycles. The average molecular weight is 492 g/mol. The molecule has 0 aliphatic heterocycles. The number of anilines is 1. The molecule has 0 radical (unpaired) electrons. The number of nitrogen functional groups attached to an aromatic ring is 1. The van der Waals surface area contributed by atoms with E-state index in [1.807, 2.05) is 66.7 Å². The molecule has 1 amide bonds. The Hall–Kier alpha value is -3.24. The number of para-hydroxylation sites is 1. The summed E-state index contributed by atoms with van der Waals surface area (Å²) in [4.78, 5) is 17.7. The molecule has 0 aliphatic carbocycles. The number of carbonyl (C=O) groups is 1. The van der Waals surface area contributed by atoms with E-state index in [0.717, 1.165) is 25.7 Å². The van der Waals surface area contributed by atoms with Crippen molar-refractivity contribution in [1.82, 2.24) is 9.71 Å². The number of aromatic nitrogens is 1. The van der Waals surface area contributed by atoms with E-state index in [9.17, 15) is 4.79 Å². The van der Waals surface area contributed by atoms with Crippen molar-refractivity contribution in [3.63, 3.8) is 0 Å². The van der Waals surface area contributed by atoms with E-state index < -0.39 is 0 Å². The number of amides is 1. The van der Waals surface area contributed by atoms with Crippen molar-refractivity contribution < 1.29 is 9.53 Å². The SMILES string of the molecule is COCC(=O)Nc1cccc(SNC(Cc2cccc(C(=N)N)c2)c2nc3ccccc3s2)c1. The Morgan fingerprint density at radius 3 is 2.76 bits per heavy atom. The van der Waals surface area contributed by atoms with Gasteiger partial charge < -0.3 is 15.8 Å². The van der Waals surface area contributed by atoms with Gasteiger partial charge in [-0.05, 0) is 60.3 Å². The number of hydrogen-bond acceptors (Lipinski definition) is 7. The largest absolute Gasteiger partial charge is 0.384 e. The maximum atomic E-state index is 11.8. The first-order valence-electron chi connectivity index (χ1n) is 10.6. The summed E-state index contributed by atoms with van der Waals surface area (Å²) in [6.07, 6.45) is 0.679. The zero-order chi connectivity index (χ0) is 23.9. The van der Waals surface area contributed by atoms with Crippen LogP contribution in [0.5, 0.6) is 0 Å². The Labute approximate surface area is 206 Å². The van der Waals surface area contributed by atoms with E-state index in [2.05, 4.69) is 16.1 Å². The average Bonchev–Trinajstić information content (AvgIpc) is 3.26. The molecule has 1 atom stereocenters. The topological polar surface area (TPSA) is 113 Å². The summed E-state index contributed by atoms with van der Waals surface area (Å²) in [5.41, 5.74) is 9.14. The molecule has 9 heteroatoms. The Bertz CT molecular complexity index is 1270. The van der Waals surface area contributed by atoms with Gasteiger partial charge in [-0.25, -0.2) is 9.71 Å². The number of ether oxygens (including phenoxy) is 1. The van der Waals surface area contributed by atoms with Crippen molar-refractivity contribution >= 4 is 50.9 Å². The lowest BCUT2D eigenvalue weighted by molar-refractivity contribution is -0.119. The third-order valence-electron chi connectivity index (χ3n) is 5.00. The van der Waals surface area contributed by atoms with E-state index in [1.165, 1.54) is 19.1 Å². The van der Waals surface area contributed by atoms with E-state index in [4.69, 9.17) is 20.9 Å². The van der Waals surface area contributed by atoms with Crippen LogP contribution in [0.15, 0.2) is 77.7 Å². The third-order valence-corrected chi connectivity index (χ3v) is 7.04. The van der Waals surface area contributed by atoms with Gasteiger partial charge in [0.1, 0.15) is 17.5 Å². The number of rotatable bonds is 10. The molecule has 1 heterocycles. The summed E-state index contributed by atoms with van der Waals surface area (Å²) in [6, 6.07) is 23.4. The van der Waals surface area contributed by atoms with Gasteiger partial charge in [-0.2, -0.15) is 0 Å². The van der Waals surface area contributed by atoms with Crippen LogP contribution in [0.4, 0.5) is 5.69 Å². The van der Waals surface area contributed by atoms with Crippen LogP contribution in [0, 0.1) is 5.41 Å². The number of benzene rings is 3. The van der Waals surface area contributed by atoms with Gasteiger partial charge in [-0.3, -0.25) is 10.2 Å². The maximum Gasteiger partial charge on any atom is 0.250 e. The summed E-state index contributed by atoms with van der Waals surface area (Å²) in [7, 11) is 1.49. The predicted molar refractivity (Wildman–Crippen MR) is 139 cm³/mol. The first-order chi connectivity index (χ1) is 16.5. The summed E-state index contributed by atoms with van der Waals surface area (Å²) in [5.74, 6) is -0.150. The Morgan fingerprint density at radius 1 is 1.15 bits per heavy atom. The summed E-state index contributed by atoms with van der Waals surface area (Å²) < 4.78 is 9.57. The molecule has 3 aromatic carbocycles. The van der Waals surface area contributed by atoms with Crippen molar-refractivity contribution in [2.75, 3.05) is 19.0 Å². The zero-order valence-electron chi connectivity index (χ0n) is 18.6. The van der Waals surface area contributed by atoms with Crippen LogP contribution >= 0.6 is 23.3 Å². The molecule has 0 aliphatic rings. The number of amidine groups is 1. The van der Waals surface area contributed by atoms with Gasteiger partial charge in [0.15, 0.2) is 0 Å². The molecule has 174 valence electrons. The molecule has 0 fully saturated rings. The van der Waals surface area contributed by atoms with Crippen LogP contribution in [0.25, 0.3) is 10.2 Å². The number of hydrogen-bond donors (Lipinski definition) is 4. The molecule has 1 aromatic heterocycles.